The van der Waals surface area contributed by atoms with Crippen molar-refractivity contribution in [1.29, 1.82) is 0 Å². The van der Waals surface area contributed by atoms with Crippen LogP contribution in [-0.4, -0.2) is 23.8 Å². The Kier molecular flexibility index (Phi) is 7.39. The SMILES string of the molecule is CC(O)CC(C)COOC(=O)CCC(C)(C)C. The monoisotopic (exact) mass is 246 g/mol. The van der Waals surface area contributed by atoms with Gasteiger partial charge in [0.25, 0.3) is 0 Å². The first-order valence-corrected chi connectivity index (χ1v) is 6.21. The quantitative estimate of drug-likeness (QED) is 0.554. The first-order chi connectivity index (χ1) is 7.70. The van der Waals surface area contributed by atoms with E-state index in [4.69, 9.17) is 9.99 Å². The van der Waals surface area contributed by atoms with Gasteiger partial charge in [0.05, 0.1) is 12.7 Å². The lowest BCUT2D eigenvalue weighted by Crippen LogP contribution is -2.16. The van der Waals surface area contributed by atoms with Crippen LogP contribution in [0, 0.1) is 11.3 Å². The topological polar surface area (TPSA) is 55.8 Å². The summed E-state index contributed by atoms with van der Waals surface area (Å²) in [5.74, 6) is -0.158. The Hall–Kier alpha value is -0.610. The molecular weight excluding hydrogens is 220 g/mol. The molecule has 1 N–H and O–H groups in total. The molecule has 0 rings (SSSR count). The summed E-state index contributed by atoms with van der Waals surface area (Å²) in [6.45, 7) is 10.2. The normalized spacial score (nSPS) is 15.4. The third-order valence-corrected chi connectivity index (χ3v) is 2.33. The molecule has 0 aromatic carbocycles. The average molecular weight is 246 g/mol. The van der Waals surface area contributed by atoms with Crippen LogP contribution in [0.3, 0.4) is 0 Å². The van der Waals surface area contributed by atoms with Crippen LogP contribution in [0.4, 0.5) is 0 Å². The van der Waals surface area contributed by atoms with Crippen LogP contribution in [0.5, 0.6) is 0 Å². The highest BCUT2D eigenvalue weighted by atomic mass is 17.2. The number of carbonyl (C=O) groups is 1. The summed E-state index contributed by atoms with van der Waals surface area (Å²) in [6, 6.07) is 0. The van der Waals surface area contributed by atoms with Crippen molar-refractivity contribution in [2.45, 2.75) is 60.0 Å². The Balaban J connectivity index is 3.58. The number of rotatable bonds is 7. The molecule has 2 atom stereocenters. The van der Waals surface area contributed by atoms with Crippen molar-refractivity contribution < 1.29 is 19.7 Å². The van der Waals surface area contributed by atoms with Crippen molar-refractivity contribution in [1.82, 2.24) is 0 Å². The van der Waals surface area contributed by atoms with E-state index in [9.17, 15) is 4.79 Å². The highest BCUT2D eigenvalue weighted by molar-refractivity contribution is 5.68. The Morgan fingerprint density at radius 1 is 1.29 bits per heavy atom. The van der Waals surface area contributed by atoms with E-state index in [1.807, 2.05) is 6.92 Å². The molecule has 102 valence electrons. The minimum atomic E-state index is -0.356. The second kappa shape index (κ2) is 7.67. The van der Waals surface area contributed by atoms with E-state index in [-0.39, 0.29) is 23.4 Å². The van der Waals surface area contributed by atoms with Gasteiger partial charge in [-0.25, -0.2) is 4.79 Å². The average Bonchev–Trinajstić information content (AvgIpc) is 2.12. The molecule has 0 saturated heterocycles. The molecule has 0 aromatic heterocycles. The molecule has 17 heavy (non-hydrogen) atoms. The number of hydrogen-bond acceptors (Lipinski definition) is 4. The van der Waals surface area contributed by atoms with Gasteiger partial charge in [-0.15, -0.1) is 0 Å². The summed E-state index contributed by atoms with van der Waals surface area (Å²) in [7, 11) is 0. The number of aliphatic hydroxyl groups is 1. The molecule has 0 bridgehead atoms. The number of aliphatic hydroxyl groups excluding tert-OH is 1. The lowest BCUT2D eigenvalue weighted by Gasteiger charge is -2.17. The summed E-state index contributed by atoms with van der Waals surface area (Å²) in [4.78, 5) is 20.8. The van der Waals surface area contributed by atoms with E-state index in [1.54, 1.807) is 6.92 Å². The van der Waals surface area contributed by atoms with E-state index in [2.05, 4.69) is 25.7 Å². The van der Waals surface area contributed by atoms with E-state index in [0.717, 1.165) is 6.42 Å². The minimum Gasteiger partial charge on any atom is -0.393 e. The van der Waals surface area contributed by atoms with E-state index >= 15 is 0 Å². The Labute approximate surface area is 104 Å². The molecule has 4 heteroatoms. The van der Waals surface area contributed by atoms with E-state index in [0.29, 0.717) is 19.4 Å². The summed E-state index contributed by atoms with van der Waals surface area (Å²) >= 11 is 0. The smallest absolute Gasteiger partial charge is 0.342 e. The molecule has 0 aliphatic rings. The van der Waals surface area contributed by atoms with Crippen LogP contribution in [0.15, 0.2) is 0 Å². The maximum atomic E-state index is 11.3. The Morgan fingerprint density at radius 2 is 1.88 bits per heavy atom. The van der Waals surface area contributed by atoms with Gasteiger partial charge in [0, 0.05) is 6.42 Å². The molecule has 4 nitrogen and oxygen atoms in total. The third kappa shape index (κ3) is 11.6. The zero-order chi connectivity index (χ0) is 13.5. The lowest BCUT2D eigenvalue weighted by atomic mass is 9.91. The maximum Gasteiger partial charge on any atom is 0.342 e. The van der Waals surface area contributed by atoms with Crippen LogP contribution >= 0.6 is 0 Å². The van der Waals surface area contributed by atoms with Gasteiger partial charge in [0.2, 0.25) is 0 Å². The fraction of sp³-hybridized carbons (Fsp3) is 0.923. The Bertz CT molecular complexity index is 218. The molecule has 0 amide bonds. The van der Waals surface area contributed by atoms with Crippen LogP contribution in [-0.2, 0) is 14.6 Å². The molecule has 0 saturated carbocycles. The predicted octanol–water partition coefficient (Wildman–Crippen LogP) is 2.69. The van der Waals surface area contributed by atoms with Crippen molar-refractivity contribution in [3.05, 3.63) is 0 Å². The summed E-state index contributed by atoms with van der Waals surface area (Å²) in [5.41, 5.74) is 0.124. The molecule has 0 fully saturated rings. The van der Waals surface area contributed by atoms with Gasteiger partial charge in [0.1, 0.15) is 0 Å². The van der Waals surface area contributed by atoms with Gasteiger partial charge in [0.15, 0.2) is 0 Å². The summed E-state index contributed by atoms with van der Waals surface area (Å²) < 4.78 is 0. The van der Waals surface area contributed by atoms with Crippen molar-refractivity contribution in [2.24, 2.45) is 11.3 Å². The second-order valence-electron chi connectivity index (χ2n) is 5.99. The molecule has 0 radical (unpaired) electrons. The fourth-order valence-corrected chi connectivity index (χ4v) is 1.38. The highest BCUT2D eigenvalue weighted by Gasteiger charge is 2.15. The van der Waals surface area contributed by atoms with Gasteiger partial charge >= 0.3 is 5.97 Å². The van der Waals surface area contributed by atoms with Crippen molar-refractivity contribution >= 4 is 5.97 Å². The number of carbonyl (C=O) groups excluding carboxylic acids is 1. The predicted molar refractivity (Wildman–Crippen MR) is 66.2 cm³/mol. The largest absolute Gasteiger partial charge is 0.393 e. The molecule has 0 aliphatic heterocycles. The van der Waals surface area contributed by atoms with Gasteiger partial charge < -0.3 is 5.11 Å². The Morgan fingerprint density at radius 3 is 2.35 bits per heavy atom. The maximum absolute atomic E-state index is 11.3. The van der Waals surface area contributed by atoms with Crippen molar-refractivity contribution in [3.8, 4) is 0 Å². The molecule has 0 aliphatic carbocycles. The number of hydrogen-bond donors (Lipinski definition) is 1. The van der Waals surface area contributed by atoms with Crippen LogP contribution < -0.4 is 0 Å². The van der Waals surface area contributed by atoms with Gasteiger partial charge in [-0.05, 0) is 31.1 Å². The van der Waals surface area contributed by atoms with Gasteiger partial charge in [-0.2, -0.15) is 4.89 Å². The van der Waals surface area contributed by atoms with Gasteiger partial charge in [-0.3, -0.25) is 4.89 Å². The van der Waals surface area contributed by atoms with E-state index in [1.165, 1.54) is 0 Å². The molecule has 0 aromatic rings. The van der Waals surface area contributed by atoms with Crippen LogP contribution in [0.2, 0.25) is 0 Å². The van der Waals surface area contributed by atoms with Crippen molar-refractivity contribution in [2.75, 3.05) is 6.61 Å². The minimum absolute atomic E-state index is 0.124. The third-order valence-electron chi connectivity index (χ3n) is 2.33. The summed E-state index contributed by atoms with van der Waals surface area (Å²) in [6.07, 6.45) is 1.43. The van der Waals surface area contributed by atoms with Gasteiger partial charge in [-0.1, -0.05) is 27.7 Å². The zero-order valence-corrected chi connectivity index (χ0v) is 11.7. The lowest BCUT2D eigenvalue weighted by molar-refractivity contribution is -0.278. The molecule has 2 unspecified atom stereocenters. The highest BCUT2D eigenvalue weighted by Crippen LogP contribution is 2.20. The molecular formula is C13H26O4. The van der Waals surface area contributed by atoms with E-state index < -0.39 is 0 Å². The standard InChI is InChI=1S/C13H26O4/c1-10(8-11(2)14)9-16-17-12(15)6-7-13(3,4)5/h10-11,14H,6-9H2,1-5H3. The van der Waals surface area contributed by atoms with Crippen molar-refractivity contribution in [3.63, 3.8) is 0 Å². The summed E-state index contributed by atoms with van der Waals surface area (Å²) in [5, 5.41) is 9.14. The zero-order valence-electron chi connectivity index (χ0n) is 11.7. The van der Waals surface area contributed by atoms with Crippen LogP contribution in [0.25, 0.3) is 0 Å². The van der Waals surface area contributed by atoms with Crippen LogP contribution in [0.1, 0.15) is 53.9 Å². The molecule has 0 heterocycles. The first-order valence-electron chi connectivity index (χ1n) is 6.21. The second-order valence-corrected chi connectivity index (χ2v) is 5.99. The fourth-order valence-electron chi connectivity index (χ4n) is 1.38. The molecule has 0 spiro atoms. The first kappa shape index (κ1) is 16.4.